The van der Waals surface area contributed by atoms with Gasteiger partial charge in [0.15, 0.2) is 0 Å². The Morgan fingerprint density at radius 3 is 2.53 bits per heavy atom. The fourth-order valence-electron chi connectivity index (χ4n) is 4.13. The molecule has 0 saturated heterocycles. The van der Waals surface area contributed by atoms with Gasteiger partial charge in [-0.05, 0) is 71.5 Å². The first-order valence-corrected chi connectivity index (χ1v) is 10.2. The van der Waals surface area contributed by atoms with Crippen LogP contribution in [-0.4, -0.2) is 17.2 Å². The number of carboxylic acid groups (broad SMARTS) is 1. The summed E-state index contributed by atoms with van der Waals surface area (Å²) < 4.78 is 18.0. The van der Waals surface area contributed by atoms with Gasteiger partial charge in [0.05, 0.1) is 6.04 Å². The van der Waals surface area contributed by atoms with E-state index in [1.54, 1.807) is 18.2 Å². The number of ether oxygens (including phenoxy) is 1. The molecule has 0 aliphatic carbocycles. The van der Waals surface area contributed by atoms with Gasteiger partial charge in [-0.2, -0.15) is 0 Å². The van der Waals surface area contributed by atoms with Crippen LogP contribution in [0.3, 0.4) is 0 Å². The molecule has 1 aliphatic heterocycles. The Balaban J connectivity index is 1.62. The normalized spacial score (nSPS) is 16.4. The quantitative estimate of drug-likeness (QED) is 0.348. The molecule has 0 fully saturated rings. The van der Waals surface area contributed by atoms with Crippen molar-refractivity contribution >= 4 is 23.4 Å². The van der Waals surface area contributed by atoms with Crippen molar-refractivity contribution in [2.75, 3.05) is 10.6 Å². The zero-order valence-electron chi connectivity index (χ0n) is 17.7. The van der Waals surface area contributed by atoms with Crippen LogP contribution in [0.15, 0.2) is 66.7 Å². The van der Waals surface area contributed by atoms with Gasteiger partial charge in [-0.1, -0.05) is 32.0 Å². The van der Waals surface area contributed by atoms with Crippen molar-refractivity contribution in [3.8, 4) is 5.75 Å². The number of benzene rings is 3. The lowest BCUT2D eigenvalue weighted by Crippen LogP contribution is -2.31. The lowest BCUT2D eigenvalue weighted by molar-refractivity contribution is 0.102. The van der Waals surface area contributed by atoms with Crippen LogP contribution in [0.4, 0.5) is 20.6 Å². The summed E-state index contributed by atoms with van der Waals surface area (Å²) in [5.74, 6) is -0.439. The van der Waals surface area contributed by atoms with Gasteiger partial charge in [0.1, 0.15) is 11.6 Å². The summed E-state index contributed by atoms with van der Waals surface area (Å²) in [6.45, 7) is 4.17. The molecule has 4 rings (SSSR count). The molecule has 0 aromatic heterocycles. The molecule has 3 N–H and O–H groups in total. The first-order valence-electron chi connectivity index (χ1n) is 10.2. The molecule has 0 radical (unpaired) electrons. The highest BCUT2D eigenvalue weighted by Gasteiger charge is 2.35. The summed E-state index contributed by atoms with van der Waals surface area (Å²) in [6, 6.07) is 18.0. The van der Waals surface area contributed by atoms with Crippen LogP contribution in [-0.2, 0) is 5.41 Å². The minimum atomic E-state index is -1.35. The fraction of sp³-hybridized carbons (Fsp3) is 0.200. The van der Waals surface area contributed by atoms with Crippen LogP contribution >= 0.6 is 0 Å². The van der Waals surface area contributed by atoms with E-state index in [4.69, 9.17) is 9.84 Å². The number of para-hydroxylation sites is 1. The van der Waals surface area contributed by atoms with Crippen LogP contribution in [0.2, 0.25) is 0 Å². The summed E-state index contributed by atoms with van der Waals surface area (Å²) in [6.07, 6.45) is -0.643. The maximum absolute atomic E-state index is 13.2. The highest BCUT2D eigenvalue weighted by molar-refractivity contribution is 6.04. The van der Waals surface area contributed by atoms with Gasteiger partial charge < -0.3 is 20.5 Å². The number of nitrogens with one attached hydrogen (secondary N) is 2. The SMILES string of the molecule is CC1(C)CC(c2ccccc2NC(=O)c2ccc(F)cc2)Nc2ccc(OC(=O)O)cc21. The first-order chi connectivity index (χ1) is 15.2. The molecule has 0 bridgehead atoms. The van der Waals surface area contributed by atoms with Crippen molar-refractivity contribution in [3.63, 3.8) is 0 Å². The molecule has 3 aromatic carbocycles. The number of amides is 1. The van der Waals surface area contributed by atoms with Gasteiger partial charge in [-0.15, -0.1) is 0 Å². The van der Waals surface area contributed by atoms with E-state index in [9.17, 15) is 14.0 Å². The average molecular weight is 434 g/mol. The Kier molecular flexibility index (Phi) is 5.57. The third kappa shape index (κ3) is 4.42. The molecule has 32 heavy (non-hydrogen) atoms. The molecule has 0 saturated carbocycles. The second kappa shape index (κ2) is 8.34. The Bertz CT molecular complexity index is 1170. The van der Waals surface area contributed by atoms with E-state index in [2.05, 4.69) is 24.5 Å². The van der Waals surface area contributed by atoms with Crippen LogP contribution < -0.4 is 15.4 Å². The maximum atomic E-state index is 13.2. The average Bonchev–Trinajstić information content (AvgIpc) is 2.74. The van der Waals surface area contributed by atoms with Crippen LogP contribution in [0.25, 0.3) is 0 Å². The Hall–Kier alpha value is -3.87. The van der Waals surface area contributed by atoms with Crippen LogP contribution in [0, 0.1) is 5.82 Å². The topological polar surface area (TPSA) is 87.7 Å². The fourth-order valence-corrected chi connectivity index (χ4v) is 4.13. The highest BCUT2D eigenvalue weighted by Crippen LogP contribution is 2.46. The van der Waals surface area contributed by atoms with Gasteiger partial charge in [-0.3, -0.25) is 4.79 Å². The zero-order valence-corrected chi connectivity index (χ0v) is 17.7. The van der Waals surface area contributed by atoms with Gasteiger partial charge in [0.2, 0.25) is 0 Å². The van der Waals surface area contributed by atoms with E-state index >= 15 is 0 Å². The zero-order chi connectivity index (χ0) is 22.9. The summed E-state index contributed by atoms with van der Waals surface area (Å²) in [5.41, 5.74) is 3.52. The molecule has 3 aromatic rings. The lowest BCUT2D eigenvalue weighted by atomic mass is 9.74. The highest BCUT2D eigenvalue weighted by atomic mass is 19.1. The second-order valence-electron chi connectivity index (χ2n) is 8.41. The number of anilines is 2. The Morgan fingerprint density at radius 2 is 1.81 bits per heavy atom. The maximum Gasteiger partial charge on any atom is 0.511 e. The van der Waals surface area contributed by atoms with E-state index in [0.717, 1.165) is 16.8 Å². The predicted octanol–water partition coefficient (Wildman–Crippen LogP) is 5.97. The van der Waals surface area contributed by atoms with Crippen molar-refractivity contribution in [1.82, 2.24) is 0 Å². The second-order valence-corrected chi connectivity index (χ2v) is 8.41. The number of hydrogen-bond acceptors (Lipinski definition) is 4. The lowest BCUT2D eigenvalue weighted by Gasteiger charge is -2.39. The minimum Gasteiger partial charge on any atom is -0.449 e. The van der Waals surface area contributed by atoms with E-state index in [-0.39, 0.29) is 23.1 Å². The number of fused-ring (bicyclic) bond motifs is 1. The number of hydrogen-bond donors (Lipinski definition) is 3. The molecule has 1 amide bonds. The molecule has 6 nitrogen and oxygen atoms in total. The molecule has 164 valence electrons. The molecule has 0 spiro atoms. The largest absolute Gasteiger partial charge is 0.511 e. The Morgan fingerprint density at radius 1 is 1.09 bits per heavy atom. The smallest absolute Gasteiger partial charge is 0.449 e. The van der Waals surface area contributed by atoms with Crippen LogP contribution in [0.1, 0.15) is 47.8 Å². The van der Waals surface area contributed by atoms with Gasteiger partial charge in [-0.25, -0.2) is 9.18 Å². The summed E-state index contributed by atoms with van der Waals surface area (Å²) in [7, 11) is 0. The number of carbonyl (C=O) groups is 2. The van der Waals surface area contributed by atoms with E-state index in [1.165, 1.54) is 24.3 Å². The molecule has 1 atom stereocenters. The molecule has 1 heterocycles. The van der Waals surface area contributed by atoms with Crippen molar-refractivity contribution in [2.45, 2.75) is 31.7 Å². The van der Waals surface area contributed by atoms with Crippen molar-refractivity contribution in [1.29, 1.82) is 0 Å². The third-order valence-electron chi connectivity index (χ3n) is 5.66. The van der Waals surface area contributed by atoms with Crippen molar-refractivity contribution in [3.05, 3.63) is 89.2 Å². The Labute approximate surface area is 185 Å². The van der Waals surface area contributed by atoms with Crippen LogP contribution in [0.5, 0.6) is 5.75 Å². The van der Waals surface area contributed by atoms with E-state index in [1.807, 2.05) is 24.3 Å². The molecule has 7 heteroatoms. The molecular formula is C25H23FN2O4. The molecule has 1 unspecified atom stereocenters. The molecular weight excluding hydrogens is 411 g/mol. The summed E-state index contributed by atoms with van der Waals surface area (Å²) >= 11 is 0. The summed E-state index contributed by atoms with van der Waals surface area (Å²) in [5, 5.41) is 15.3. The van der Waals surface area contributed by atoms with Gasteiger partial charge in [0, 0.05) is 16.9 Å². The van der Waals surface area contributed by atoms with Gasteiger partial charge in [0.25, 0.3) is 5.91 Å². The minimum absolute atomic E-state index is 0.0894. The van der Waals surface area contributed by atoms with Crippen molar-refractivity contribution < 1.29 is 23.8 Å². The van der Waals surface area contributed by atoms with Crippen molar-refractivity contribution in [2.24, 2.45) is 0 Å². The van der Waals surface area contributed by atoms with Gasteiger partial charge >= 0.3 is 6.16 Å². The number of carbonyl (C=O) groups excluding carboxylic acids is 1. The summed E-state index contributed by atoms with van der Waals surface area (Å²) in [4.78, 5) is 23.6. The van der Waals surface area contributed by atoms with E-state index in [0.29, 0.717) is 17.7 Å². The third-order valence-corrected chi connectivity index (χ3v) is 5.66. The van der Waals surface area contributed by atoms with E-state index < -0.39 is 12.0 Å². The first kappa shape index (κ1) is 21.4. The monoisotopic (exact) mass is 434 g/mol. The predicted molar refractivity (Wildman–Crippen MR) is 120 cm³/mol. The standard InChI is InChI=1S/C25H23FN2O4/c1-25(2)14-22(27-21-12-11-17(13-19(21)25)32-24(30)31)18-5-3-4-6-20(18)28-23(29)15-7-9-16(26)10-8-15/h3-13,22,27H,14H2,1-2H3,(H,28,29)(H,30,31). The number of halogens is 1. The molecule has 1 aliphatic rings. The number of rotatable bonds is 4.